The molecule has 0 radical (unpaired) electrons. The Balaban J connectivity index is 0.00000259. The number of rotatable bonds is 5. The molecular formula is C26H32IN5O. The van der Waals surface area contributed by atoms with Gasteiger partial charge in [0.25, 0.3) is 0 Å². The van der Waals surface area contributed by atoms with Gasteiger partial charge in [-0.25, -0.2) is 4.99 Å². The van der Waals surface area contributed by atoms with Crippen molar-refractivity contribution in [2.75, 3.05) is 32.8 Å². The van der Waals surface area contributed by atoms with Gasteiger partial charge in [0.2, 0.25) is 0 Å². The number of para-hydroxylation sites is 1. The van der Waals surface area contributed by atoms with Crippen molar-refractivity contribution in [2.45, 2.75) is 32.2 Å². The van der Waals surface area contributed by atoms with Gasteiger partial charge in [0.1, 0.15) is 0 Å². The van der Waals surface area contributed by atoms with Gasteiger partial charge >= 0.3 is 0 Å². The van der Waals surface area contributed by atoms with Crippen molar-refractivity contribution in [2.24, 2.45) is 4.99 Å². The van der Waals surface area contributed by atoms with Gasteiger partial charge in [-0.1, -0.05) is 48.5 Å². The van der Waals surface area contributed by atoms with Gasteiger partial charge in [-0.2, -0.15) is 0 Å². The van der Waals surface area contributed by atoms with E-state index in [0.717, 1.165) is 50.8 Å². The van der Waals surface area contributed by atoms with E-state index < -0.39 is 0 Å². The van der Waals surface area contributed by atoms with Crippen molar-refractivity contribution in [1.82, 2.24) is 20.1 Å². The standard InChI is InChI=1S/C26H31N5O.HI/c1-2-27-26(29-16-21-12-13-28-23-11-7-6-10-22(21)23)31-18-24-25(19-31)32-15-14-30(24)17-20-8-4-3-5-9-20;/h3-13,24-25H,2,14-19H2,1H3,(H,27,29);1H. The van der Waals surface area contributed by atoms with Crippen molar-refractivity contribution in [3.63, 3.8) is 0 Å². The number of morpholine rings is 1. The number of fused-ring (bicyclic) bond motifs is 2. The van der Waals surface area contributed by atoms with E-state index in [4.69, 9.17) is 9.73 Å². The molecule has 2 atom stereocenters. The molecule has 0 bridgehead atoms. The average Bonchev–Trinajstić information content (AvgIpc) is 3.28. The van der Waals surface area contributed by atoms with Gasteiger partial charge in [0.15, 0.2) is 5.96 Å². The molecule has 1 aromatic heterocycles. The zero-order valence-electron chi connectivity index (χ0n) is 19.1. The lowest BCUT2D eigenvalue weighted by atomic mass is 10.1. The quantitative estimate of drug-likeness (QED) is 0.293. The average molecular weight is 557 g/mol. The van der Waals surface area contributed by atoms with E-state index in [-0.39, 0.29) is 30.1 Å². The summed E-state index contributed by atoms with van der Waals surface area (Å²) in [7, 11) is 0. The van der Waals surface area contributed by atoms with E-state index in [9.17, 15) is 0 Å². The van der Waals surface area contributed by atoms with E-state index in [0.29, 0.717) is 12.6 Å². The second kappa shape index (κ2) is 11.3. The number of guanidine groups is 1. The molecule has 7 heteroatoms. The van der Waals surface area contributed by atoms with Crippen LogP contribution in [0.15, 0.2) is 71.9 Å². The zero-order valence-corrected chi connectivity index (χ0v) is 21.4. The lowest BCUT2D eigenvalue weighted by molar-refractivity contribution is -0.0502. The summed E-state index contributed by atoms with van der Waals surface area (Å²) in [5.41, 5.74) is 3.57. The van der Waals surface area contributed by atoms with Crippen molar-refractivity contribution in [3.8, 4) is 0 Å². The zero-order chi connectivity index (χ0) is 21.8. The van der Waals surface area contributed by atoms with E-state index in [1.165, 1.54) is 16.5 Å². The van der Waals surface area contributed by atoms with Crippen LogP contribution < -0.4 is 5.32 Å². The molecule has 5 rings (SSSR count). The SMILES string of the molecule is CCNC(=NCc1ccnc2ccccc12)N1CC2OCCN(Cc3ccccc3)C2C1.I. The minimum Gasteiger partial charge on any atom is -0.373 e. The van der Waals surface area contributed by atoms with Gasteiger partial charge < -0.3 is 15.0 Å². The van der Waals surface area contributed by atoms with Crippen molar-refractivity contribution < 1.29 is 4.74 Å². The second-order valence-electron chi connectivity index (χ2n) is 8.50. The fraction of sp³-hybridized carbons (Fsp3) is 0.385. The molecule has 2 aliphatic heterocycles. The smallest absolute Gasteiger partial charge is 0.194 e. The van der Waals surface area contributed by atoms with Crippen LogP contribution in [0, 0.1) is 0 Å². The van der Waals surface area contributed by atoms with Crippen molar-refractivity contribution in [3.05, 3.63) is 78.0 Å². The van der Waals surface area contributed by atoms with Crippen LogP contribution in [-0.2, 0) is 17.8 Å². The van der Waals surface area contributed by atoms with Crippen LogP contribution in [0.2, 0.25) is 0 Å². The van der Waals surface area contributed by atoms with Gasteiger partial charge in [-0.05, 0) is 30.2 Å². The number of hydrogen-bond donors (Lipinski definition) is 1. The minimum atomic E-state index is 0. The molecule has 2 aromatic carbocycles. The fourth-order valence-electron chi connectivity index (χ4n) is 4.82. The first kappa shape index (κ1) is 23.9. The minimum absolute atomic E-state index is 0. The normalized spacial score (nSPS) is 21.0. The van der Waals surface area contributed by atoms with Crippen LogP contribution in [-0.4, -0.2) is 65.7 Å². The molecule has 33 heavy (non-hydrogen) atoms. The van der Waals surface area contributed by atoms with Crippen LogP contribution in [0.25, 0.3) is 10.9 Å². The Kier molecular flexibility index (Phi) is 8.16. The summed E-state index contributed by atoms with van der Waals surface area (Å²) in [5, 5.41) is 4.67. The lowest BCUT2D eigenvalue weighted by Crippen LogP contribution is -2.50. The fourth-order valence-corrected chi connectivity index (χ4v) is 4.82. The first-order valence-electron chi connectivity index (χ1n) is 11.6. The molecule has 0 amide bonds. The van der Waals surface area contributed by atoms with Crippen LogP contribution >= 0.6 is 24.0 Å². The van der Waals surface area contributed by atoms with Crippen LogP contribution in [0.5, 0.6) is 0 Å². The maximum atomic E-state index is 6.17. The molecule has 6 nitrogen and oxygen atoms in total. The number of likely N-dealkylation sites (tertiary alicyclic amines) is 1. The molecule has 3 heterocycles. The number of hydrogen-bond acceptors (Lipinski definition) is 4. The number of nitrogens with zero attached hydrogens (tertiary/aromatic N) is 4. The summed E-state index contributed by atoms with van der Waals surface area (Å²) in [6, 6.07) is 21.5. The number of ether oxygens (including phenoxy) is 1. The number of halogens is 1. The highest BCUT2D eigenvalue weighted by Gasteiger charge is 2.41. The first-order chi connectivity index (χ1) is 15.8. The van der Waals surface area contributed by atoms with E-state index in [2.05, 4.69) is 81.6 Å². The van der Waals surface area contributed by atoms with Gasteiger partial charge in [-0.3, -0.25) is 9.88 Å². The molecule has 2 fully saturated rings. The third kappa shape index (κ3) is 5.47. The summed E-state index contributed by atoms with van der Waals surface area (Å²) in [6.07, 6.45) is 2.10. The van der Waals surface area contributed by atoms with Gasteiger partial charge in [0.05, 0.1) is 30.8 Å². The maximum Gasteiger partial charge on any atom is 0.194 e. The molecule has 3 aromatic rings. The predicted octanol–water partition coefficient (Wildman–Crippen LogP) is 3.90. The molecule has 0 spiro atoms. The van der Waals surface area contributed by atoms with E-state index in [1.807, 2.05) is 12.3 Å². The van der Waals surface area contributed by atoms with Gasteiger partial charge in [0, 0.05) is 44.3 Å². The maximum absolute atomic E-state index is 6.17. The molecule has 2 aliphatic rings. The van der Waals surface area contributed by atoms with Crippen molar-refractivity contribution in [1.29, 1.82) is 0 Å². The highest BCUT2D eigenvalue weighted by Crippen LogP contribution is 2.25. The molecule has 0 aliphatic carbocycles. The molecule has 2 saturated heterocycles. The Morgan fingerprint density at radius 2 is 1.91 bits per heavy atom. The summed E-state index contributed by atoms with van der Waals surface area (Å²) in [5.74, 6) is 0.964. The van der Waals surface area contributed by atoms with Crippen LogP contribution in [0.4, 0.5) is 0 Å². The molecule has 2 unspecified atom stereocenters. The third-order valence-electron chi connectivity index (χ3n) is 6.42. The largest absolute Gasteiger partial charge is 0.373 e. The van der Waals surface area contributed by atoms with Gasteiger partial charge in [-0.15, -0.1) is 24.0 Å². The molecule has 174 valence electrons. The topological polar surface area (TPSA) is 53.0 Å². The third-order valence-corrected chi connectivity index (χ3v) is 6.42. The van der Waals surface area contributed by atoms with Crippen LogP contribution in [0.1, 0.15) is 18.1 Å². The number of benzene rings is 2. The summed E-state index contributed by atoms with van der Waals surface area (Å²) in [6.45, 7) is 8.13. The Morgan fingerprint density at radius 3 is 2.76 bits per heavy atom. The lowest BCUT2D eigenvalue weighted by Gasteiger charge is -2.36. The number of nitrogens with one attached hydrogen (secondary N) is 1. The van der Waals surface area contributed by atoms with E-state index >= 15 is 0 Å². The summed E-state index contributed by atoms with van der Waals surface area (Å²) in [4.78, 5) is 14.4. The predicted molar refractivity (Wildman–Crippen MR) is 144 cm³/mol. The summed E-state index contributed by atoms with van der Waals surface area (Å²) >= 11 is 0. The molecule has 0 saturated carbocycles. The summed E-state index contributed by atoms with van der Waals surface area (Å²) < 4.78 is 6.17. The highest BCUT2D eigenvalue weighted by molar-refractivity contribution is 14.0. The molecular weight excluding hydrogens is 525 g/mol. The Bertz CT molecular complexity index is 1070. The van der Waals surface area contributed by atoms with Crippen molar-refractivity contribution >= 4 is 40.8 Å². The Labute approximate surface area is 213 Å². The number of aromatic nitrogens is 1. The molecule has 1 N–H and O–H groups in total. The number of aliphatic imine (C=N–C) groups is 1. The Morgan fingerprint density at radius 1 is 1.09 bits per heavy atom. The number of pyridine rings is 1. The Hall–Kier alpha value is -2.23. The monoisotopic (exact) mass is 557 g/mol. The highest BCUT2D eigenvalue weighted by atomic mass is 127. The second-order valence-corrected chi connectivity index (χ2v) is 8.50. The first-order valence-corrected chi connectivity index (χ1v) is 11.6. The van der Waals surface area contributed by atoms with E-state index in [1.54, 1.807) is 0 Å². The van der Waals surface area contributed by atoms with Crippen LogP contribution in [0.3, 0.4) is 0 Å².